The number of benzene rings is 3. The summed E-state index contributed by atoms with van der Waals surface area (Å²) in [5.41, 5.74) is 5.28. The Hall–Kier alpha value is -2.21. The van der Waals surface area contributed by atoms with Crippen molar-refractivity contribution in [3.8, 4) is 0 Å². The Labute approximate surface area is 164 Å². The van der Waals surface area contributed by atoms with Crippen LogP contribution in [0.1, 0.15) is 10.4 Å². The van der Waals surface area contributed by atoms with Gasteiger partial charge in [0.25, 0.3) is 5.91 Å². The summed E-state index contributed by atoms with van der Waals surface area (Å²) in [5.74, 6) is -0.631. The van der Waals surface area contributed by atoms with Crippen molar-refractivity contribution in [1.29, 1.82) is 0 Å². The van der Waals surface area contributed by atoms with Gasteiger partial charge in [0.1, 0.15) is 0 Å². The summed E-state index contributed by atoms with van der Waals surface area (Å²) in [6, 6.07) is 18.1. The molecule has 0 heterocycles. The van der Waals surface area contributed by atoms with Crippen LogP contribution in [0.5, 0.6) is 0 Å². The van der Waals surface area contributed by atoms with Gasteiger partial charge in [-0.15, -0.1) is 11.8 Å². The van der Waals surface area contributed by atoms with Gasteiger partial charge in [-0.2, -0.15) is 0 Å². The van der Waals surface area contributed by atoms with Crippen LogP contribution >= 0.6 is 35.0 Å². The van der Waals surface area contributed by atoms with E-state index in [0.29, 0.717) is 20.5 Å². The second-order valence-corrected chi connectivity index (χ2v) is 7.29. The lowest BCUT2D eigenvalue weighted by Crippen LogP contribution is -2.42. The number of hydrogen-bond donors (Lipinski definition) is 2. The summed E-state index contributed by atoms with van der Waals surface area (Å²) in [7, 11) is 0. The van der Waals surface area contributed by atoms with Gasteiger partial charge >= 0.3 is 0 Å². The quantitative estimate of drug-likeness (QED) is 0.489. The maximum atomic E-state index is 12.2. The number of thioether (sulfide) groups is 1. The van der Waals surface area contributed by atoms with Crippen molar-refractivity contribution in [2.24, 2.45) is 0 Å². The average molecular weight is 405 g/mol. The molecular formula is C19H14Cl2N2O2S. The Morgan fingerprint density at radius 1 is 0.885 bits per heavy atom. The van der Waals surface area contributed by atoms with Gasteiger partial charge in [-0.1, -0.05) is 53.5 Å². The highest BCUT2D eigenvalue weighted by atomic mass is 35.5. The summed E-state index contributed by atoms with van der Waals surface area (Å²) in [6.45, 7) is 0. The molecule has 0 atom stereocenters. The molecule has 0 saturated carbocycles. The molecule has 2 amide bonds. The predicted octanol–water partition coefficient (Wildman–Crippen LogP) is 4.70. The maximum Gasteiger partial charge on any atom is 0.269 e. The lowest BCUT2D eigenvalue weighted by Gasteiger charge is -2.09. The molecular weight excluding hydrogens is 391 g/mol. The van der Waals surface area contributed by atoms with Crippen LogP contribution in [0.15, 0.2) is 65.6 Å². The average Bonchev–Trinajstić information content (AvgIpc) is 2.66. The van der Waals surface area contributed by atoms with Crippen molar-refractivity contribution in [3.63, 3.8) is 0 Å². The smallest absolute Gasteiger partial charge is 0.269 e. The second kappa shape index (κ2) is 8.45. The first-order valence-electron chi connectivity index (χ1n) is 7.69. The summed E-state index contributed by atoms with van der Waals surface area (Å²) >= 11 is 13.2. The van der Waals surface area contributed by atoms with Crippen LogP contribution in [0.4, 0.5) is 0 Å². The van der Waals surface area contributed by atoms with Crippen molar-refractivity contribution in [2.75, 3.05) is 5.75 Å². The van der Waals surface area contributed by atoms with E-state index in [2.05, 4.69) is 10.9 Å². The van der Waals surface area contributed by atoms with Crippen LogP contribution in [0.25, 0.3) is 10.8 Å². The van der Waals surface area contributed by atoms with Crippen LogP contribution in [0, 0.1) is 0 Å². The standard InChI is InChI=1S/C19H14Cl2N2O2S/c20-15-7-8-16(21)17(10-15)26-11-18(24)22-23-19(25)14-6-5-12-3-1-2-4-13(12)9-14/h1-10H,11H2,(H,22,24)(H,23,25). The third kappa shape index (κ3) is 4.69. The van der Waals surface area contributed by atoms with Crippen LogP contribution < -0.4 is 10.9 Å². The van der Waals surface area contributed by atoms with Gasteiger partial charge in [0.15, 0.2) is 0 Å². The fourth-order valence-electron chi connectivity index (χ4n) is 2.30. The van der Waals surface area contributed by atoms with Crippen LogP contribution in [-0.2, 0) is 4.79 Å². The zero-order valence-electron chi connectivity index (χ0n) is 13.5. The number of hydrazine groups is 1. The number of carbonyl (C=O) groups excluding carboxylic acids is 2. The lowest BCUT2D eigenvalue weighted by atomic mass is 10.1. The molecule has 0 saturated heterocycles. The molecule has 0 bridgehead atoms. The third-order valence-electron chi connectivity index (χ3n) is 3.58. The minimum absolute atomic E-state index is 0.0953. The van der Waals surface area contributed by atoms with E-state index >= 15 is 0 Å². The third-order valence-corrected chi connectivity index (χ3v) is 5.31. The van der Waals surface area contributed by atoms with E-state index in [0.717, 1.165) is 10.8 Å². The molecule has 0 radical (unpaired) electrons. The monoisotopic (exact) mass is 404 g/mol. The largest absolute Gasteiger partial charge is 0.272 e. The Morgan fingerprint density at radius 2 is 1.65 bits per heavy atom. The van der Waals surface area contributed by atoms with E-state index in [1.54, 1.807) is 30.3 Å². The minimum Gasteiger partial charge on any atom is -0.272 e. The number of halogens is 2. The minimum atomic E-state index is -0.380. The Bertz CT molecular complexity index is 979. The van der Waals surface area contributed by atoms with Gasteiger partial charge in [-0.3, -0.25) is 20.4 Å². The Morgan fingerprint density at radius 3 is 2.46 bits per heavy atom. The molecule has 0 aliphatic rings. The van der Waals surface area contributed by atoms with Gasteiger partial charge in [0.2, 0.25) is 5.91 Å². The van der Waals surface area contributed by atoms with E-state index < -0.39 is 0 Å². The molecule has 3 aromatic rings. The summed E-state index contributed by atoms with van der Waals surface area (Å²) < 4.78 is 0. The van der Waals surface area contributed by atoms with Gasteiger partial charge < -0.3 is 0 Å². The number of amides is 2. The number of rotatable bonds is 4. The molecule has 0 spiro atoms. The first kappa shape index (κ1) is 18.6. The molecule has 0 unspecified atom stereocenters. The summed E-state index contributed by atoms with van der Waals surface area (Å²) in [5, 5.41) is 3.06. The fourth-order valence-corrected chi connectivity index (χ4v) is 3.59. The SMILES string of the molecule is O=C(CSc1cc(Cl)ccc1Cl)NNC(=O)c1ccc2ccccc2c1. The topological polar surface area (TPSA) is 58.2 Å². The number of fused-ring (bicyclic) bond motifs is 1. The van der Waals surface area contributed by atoms with Crippen LogP contribution in [-0.4, -0.2) is 17.6 Å². The molecule has 2 N–H and O–H groups in total. The zero-order valence-corrected chi connectivity index (χ0v) is 15.8. The first-order valence-corrected chi connectivity index (χ1v) is 9.43. The van der Waals surface area contributed by atoms with Crippen molar-refractivity contribution in [1.82, 2.24) is 10.9 Å². The Balaban J connectivity index is 1.54. The number of hydrogen-bond acceptors (Lipinski definition) is 3. The van der Waals surface area contributed by atoms with E-state index in [4.69, 9.17) is 23.2 Å². The molecule has 0 fully saturated rings. The molecule has 0 aliphatic heterocycles. The molecule has 0 aromatic heterocycles. The molecule has 7 heteroatoms. The van der Waals surface area contributed by atoms with Gasteiger partial charge in [-0.25, -0.2) is 0 Å². The second-order valence-electron chi connectivity index (χ2n) is 5.43. The van der Waals surface area contributed by atoms with Gasteiger partial charge in [-0.05, 0) is 41.1 Å². The lowest BCUT2D eigenvalue weighted by molar-refractivity contribution is -0.119. The molecule has 132 valence electrons. The summed E-state index contributed by atoms with van der Waals surface area (Å²) in [4.78, 5) is 24.8. The van der Waals surface area contributed by atoms with Crippen molar-refractivity contribution in [2.45, 2.75) is 4.90 Å². The highest BCUT2D eigenvalue weighted by molar-refractivity contribution is 8.00. The number of nitrogens with one attached hydrogen (secondary N) is 2. The predicted molar refractivity (Wildman–Crippen MR) is 107 cm³/mol. The molecule has 0 aliphatic carbocycles. The van der Waals surface area contributed by atoms with E-state index in [1.807, 2.05) is 30.3 Å². The van der Waals surface area contributed by atoms with E-state index in [-0.39, 0.29) is 17.6 Å². The van der Waals surface area contributed by atoms with Crippen molar-refractivity contribution in [3.05, 3.63) is 76.3 Å². The van der Waals surface area contributed by atoms with E-state index in [1.165, 1.54) is 11.8 Å². The van der Waals surface area contributed by atoms with Crippen molar-refractivity contribution < 1.29 is 9.59 Å². The Kier molecular flexibility index (Phi) is 6.04. The highest BCUT2D eigenvalue weighted by Gasteiger charge is 2.10. The summed E-state index contributed by atoms with van der Waals surface area (Å²) in [6.07, 6.45) is 0. The van der Waals surface area contributed by atoms with Gasteiger partial charge in [0, 0.05) is 15.5 Å². The van der Waals surface area contributed by atoms with Crippen LogP contribution in [0.3, 0.4) is 0 Å². The first-order chi connectivity index (χ1) is 12.5. The number of carbonyl (C=O) groups is 2. The molecule has 26 heavy (non-hydrogen) atoms. The van der Waals surface area contributed by atoms with Crippen molar-refractivity contribution >= 4 is 57.6 Å². The maximum absolute atomic E-state index is 12.2. The molecule has 3 aromatic carbocycles. The fraction of sp³-hybridized carbons (Fsp3) is 0.0526. The van der Waals surface area contributed by atoms with Gasteiger partial charge in [0.05, 0.1) is 10.8 Å². The normalized spacial score (nSPS) is 10.5. The molecule has 3 rings (SSSR count). The van der Waals surface area contributed by atoms with E-state index in [9.17, 15) is 9.59 Å². The zero-order chi connectivity index (χ0) is 18.5. The highest BCUT2D eigenvalue weighted by Crippen LogP contribution is 2.29. The van der Waals surface area contributed by atoms with Crippen LogP contribution in [0.2, 0.25) is 10.0 Å². The molecule has 4 nitrogen and oxygen atoms in total.